The molecule has 1 amide bonds. The van der Waals surface area contributed by atoms with Gasteiger partial charge in [0.2, 0.25) is 5.91 Å². The number of carbonyl (C=O) groups is 1. The van der Waals surface area contributed by atoms with Crippen LogP contribution in [-0.2, 0) is 17.8 Å². The van der Waals surface area contributed by atoms with Crippen LogP contribution in [0.5, 0.6) is 0 Å². The average molecular weight is 426 g/mol. The van der Waals surface area contributed by atoms with Gasteiger partial charge >= 0.3 is 0 Å². The van der Waals surface area contributed by atoms with Crippen molar-refractivity contribution in [3.8, 4) is 11.1 Å². The summed E-state index contributed by atoms with van der Waals surface area (Å²) in [5.41, 5.74) is 3.55. The van der Waals surface area contributed by atoms with Gasteiger partial charge in [-0.25, -0.2) is 8.78 Å². The number of nitrogens with zero attached hydrogens (tertiary/aromatic N) is 3. The lowest BCUT2D eigenvalue weighted by Gasteiger charge is -2.43. The van der Waals surface area contributed by atoms with Crippen LogP contribution < -0.4 is 0 Å². The van der Waals surface area contributed by atoms with Gasteiger partial charge in [0.05, 0.1) is 6.54 Å². The molecule has 3 aliphatic rings. The fourth-order valence-electron chi connectivity index (χ4n) is 5.02. The Morgan fingerprint density at radius 3 is 2.45 bits per heavy atom. The normalized spacial score (nSPS) is 20.4. The van der Waals surface area contributed by atoms with Crippen molar-refractivity contribution in [3.05, 3.63) is 59.2 Å². The van der Waals surface area contributed by atoms with Gasteiger partial charge in [-0.2, -0.15) is 0 Å². The lowest BCUT2D eigenvalue weighted by Crippen LogP contribution is -2.55. The highest BCUT2D eigenvalue weighted by Crippen LogP contribution is 2.29. The van der Waals surface area contributed by atoms with Crippen molar-refractivity contribution in [1.82, 2.24) is 14.7 Å². The second-order valence-corrected chi connectivity index (χ2v) is 9.07. The Kier molecular flexibility index (Phi) is 5.76. The van der Waals surface area contributed by atoms with E-state index in [9.17, 15) is 13.6 Å². The third kappa shape index (κ3) is 4.37. The zero-order chi connectivity index (χ0) is 21.4. The predicted octanol–water partition coefficient (Wildman–Crippen LogP) is 3.69. The predicted molar refractivity (Wildman–Crippen MR) is 117 cm³/mol. The van der Waals surface area contributed by atoms with Crippen LogP contribution >= 0.6 is 0 Å². The summed E-state index contributed by atoms with van der Waals surface area (Å²) in [6.45, 7) is 5.69. The van der Waals surface area contributed by atoms with E-state index in [0.29, 0.717) is 12.1 Å². The maximum atomic E-state index is 14.1. The van der Waals surface area contributed by atoms with Gasteiger partial charge < -0.3 is 4.90 Å². The van der Waals surface area contributed by atoms with Crippen LogP contribution in [0.15, 0.2) is 36.4 Å². The second-order valence-electron chi connectivity index (χ2n) is 9.07. The van der Waals surface area contributed by atoms with Crippen LogP contribution in [0.2, 0.25) is 0 Å². The lowest BCUT2D eigenvalue weighted by molar-refractivity contribution is -0.135. The van der Waals surface area contributed by atoms with E-state index in [4.69, 9.17) is 0 Å². The van der Waals surface area contributed by atoms with E-state index in [1.165, 1.54) is 42.5 Å². The lowest BCUT2D eigenvalue weighted by atomic mass is 9.91. The first-order valence-corrected chi connectivity index (χ1v) is 11.4. The van der Waals surface area contributed by atoms with Gasteiger partial charge in [-0.3, -0.25) is 14.6 Å². The van der Waals surface area contributed by atoms with Gasteiger partial charge in [0.1, 0.15) is 11.6 Å². The number of benzene rings is 2. The Labute approximate surface area is 182 Å². The van der Waals surface area contributed by atoms with E-state index in [0.717, 1.165) is 63.4 Å². The minimum atomic E-state index is -0.566. The standard InChI is InChI=1S/C25H29F2N3O/c26-21-6-7-23(24(27)15-21)19-4-5-20-16-28(9-8-18(20)14-19)17-25(31)30-12-10-29(11-13-30)22-2-1-3-22/h4-7,14-15,22H,1-3,8-13,16-17H2. The summed E-state index contributed by atoms with van der Waals surface area (Å²) in [4.78, 5) is 19.6. The first kappa shape index (κ1) is 20.6. The number of hydrogen-bond acceptors (Lipinski definition) is 3. The Bertz CT molecular complexity index is 967. The van der Waals surface area contributed by atoms with Crippen LogP contribution in [0.1, 0.15) is 30.4 Å². The molecular weight excluding hydrogens is 396 g/mol. The Morgan fingerprint density at radius 1 is 0.935 bits per heavy atom. The van der Waals surface area contributed by atoms with Gasteiger partial charge in [-0.15, -0.1) is 0 Å². The summed E-state index contributed by atoms with van der Waals surface area (Å²) in [5, 5.41) is 0. The molecule has 6 heteroatoms. The molecule has 0 radical (unpaired) electrons. The first-order chi connectivity index (χ1) is 15.1. The molecule has 0 atom stereocenters. The van der Waals surface area contributed by atoms with Crippen molar-refractivity contribution in [2.45, 2.75) is 38.3 Å². The minimum absolute atomic E-state index is 0.224. The number of piperazine rings is 1. The van der Waals surface area contributed by atoms with Crippen molar-refractivity contribution in [3.63, 3.8) is 0 Å². The zero-order valence-corrected chi connectivity index (χ0v) is 17.8. The highest BCUT2D eigenvalue weighted by molar-refractivity contribution is 5.78. The molecule has 2 aromatic rings. The fraction of sp³-hybridized carbons (Fsp3) is 0.480. The maximum Gasteiger partial charge on any atom is 0.236 e. The smallest absolute Gasteiger partial charge is 0.236 e. The summed E-state index contributed by atoms with van der Waals surface area (Å²) in [7, 11) is 0. The topological polar surface area (TPSA) is 26.8 Å². The van der Waals surface area contributed by atoms with E-state index in [-0.39, 0.29) is 5.91 Å². The molecule has 164 valence electrons. The molecule has 0 aromatic heterocycles. The van der Waals surface area contributed by atoms with E-state index >= 15 is 0 Å². The average Bonchev–Trinajstić information content (AvgIpc) is 2.73. The summed E-state index contributed by atoms with van der Waals surface area (Å²) in [5.74, 6) is -0.883. The van der Waals surface area contributed by atoms with E-state index in [1.807, 2.05) is 23.1 Å². The number of carbonyl (C=O) groups excluding carboxylic acids is 1. The molecule has 5 rings (SSSR count). The number of hydrogen-bond donors (Lipinski definition) is 0. The summed E-state index contributed by atoms with van der Waals surface area (Å²) < 4.78 is 27.4. The molecule has 1 saturated heterocycles. The molecule has 2 fully saturated rings. The maximum absolute atomic E-state index is 14.1. The summed E-state index contributed by atoms with van der Waals surface area (Å²) in [6.07, 6.45) is 4.81. The fourth-order valence-corrected chi connectivity index (χ4v) is 5.02. The second kappa shape index (κ2) is 8.67. The highest BCUT2D eigenvalue weighted by Gasteiger charge is 2.30. The summed E-state index contributed by atoms with van der Waals surface area (Å²) >= 11 is 0. The van der Waals surface area contributed by atoms with Gasteiger partial charge in [0.25, 0.3) is 0 Å². The molecule has 4 nitrogen and oxygen atoms in total. The number of halogens is 2. The van der Waals surface area contributed by atoms with Crippen LogP contribution in [0.4, 0.5) is 8.78 Å². The molecular formula is C25H29F2N3O. The minimum Gasteiger partial charge on any atom is -0.339 e. The van der Waals surface area contributed by atoms with Crippen molar-refractivity contribution in [2.75, 3.05) is 39.3 Å². The SMILES string of the molecule is O=C(CN1CCc2cc(-c3ccc(F)cc3F)ccc2C1)N1CCN(C2CCC2)CC1. The van der Waals surface area contributed by atoms with Gasteiger partial charge in [-0.1, -0.05) is 24.6 Å². The zero-order valence-electron chi connectivity index (χ0n) is 17.8. The van der Waals surface area contributed by atoms with Crippen LogP contribution in [0.25, 0.3) is 11.1 Å². The summed E-state index contributed by atoms with van der Waals surface area (Å²) in [6, 6.07) is 10.4. The third-order valence-electron chi connectivity index (χ3n) is 7.16. The Hall–Kier alpha value is -2.31. The molecule has 2 aromatic carbocycles. The van der Waals surface area contributed by atoms with Crippen molar-refractivity contribution < 1.29 is 13.6 Å². The quantitative estimate of drug-likeness (QED) is 0.748. The molecule has 2 aliphatic heterocycles. The molecule has 0 bridgehead atoms. The van der Waals surface area contributed by atoms with Crippen molar-refractivity contribution in [2.24, 2.45) is 0 Å². The molecule has 31 heavy (non-hydrogen) atoms. The van der Waals surface area contributed by atoms with E-state index < -0.39 is 11.6 Å². The first-order valence-electron chi connectivity index (χ1n) is 11.4. The number of rotatable bonds is 4. The highest BCUT2D eigenvalue weighted by atomic mass is 19.1. The van der Waals surface area contributed by atoms with Gasteiger partial charge in [0, 0.05) is 56.9 Å². The molecule has 1 aliphatic carbocycles. The molecule has 1 saturated carbocycles. The van der Waals surface area contributed by atoms with Crippen LogP contribution in [0, 0.1) is 11.6 Å². The van der Waals surface area contributed by atoms with E-state index in [2.05, 4.69) is 9.80 Å². The molecule has 0 unspecified atom stereocenters. The molecule has 0 spiro atoms. The van der Waals surface area contributed by atoms with Crippen molar-refractivity contribution in [1.29, 1.82) is 0 Å². The number of fused-ring (bicyclic) bond motifs is 1. The Balaban J connectivity index is 1.18. The van der Waals surface area contributed by atoms with Crippen molar-refractivity contribution >= 4 is 5.91 Å². The van der Waals surface area contributed by atoms with Crippen LogP contribution in [-0.4, -0.2) is 65.9 Å². The number of amides is 1. The third-order valence-corrected chi connectivity index (χ3v) is 7.16. The van der Waals surface area contributed by atoms with Gasteiger partial charge in [-0.05, 0) is 48.1 Å². The van der Waals surface area contributed by atoms with Gasteiger partial charge in [0.15, 0.2) is 0 Å². The largest absolute Gasteiger partial charge is 0.339 e. The molecule has 0 N–H and O–H groups in total. The van der Waals surface area contributed by atoms with E-state index in [1.54, 1.807) is 0 Å². The van der Waals surface area contributed by atoms with Crippen LogP contribution in [0.3, 0.4) is 0 Å². The molecule has 2 heterocycles. The monoisotopic (exact) mass is 425 g/mol. The Morgan fingerprint density at radius 2 is 1.74 bits per heavy atom.